The van der Waals surface area contributed by atoms with Crippen LogP contribution in [0.1, 0.15) is 36.1 Å². The van der Waals surface area contributed by atoms with Gasteiger partial charge in [0.1, 0.15) is 5.75 Å². The van der Waals surface area contributed by atoms with Crippen molar-refractivity contribution in [2.24, 2.45) is 0 Å². The van der Waals surface area contributed by atoms with Crippen molar-refractivity contribution in [3.63, 3.8) is 0 Å². The van der Waals surface area contributed by atoms with Crippen molar-refractivity contribution in [2.45, 2.75) is 32.4 Å². The molecule has 0 fully saturated rings. The van der Waals surface area contributed by atoms with Gasteiger partial charge in [0, 0.05) is 19.0 Å². The van der Waals surface area contributed by atoms with Gasteiger partial charge in [0.25, 0.3) is 0 Å². The molecule has 0 aromatic heterocycles. The van der Waals surface area contributed by atoms with Gasteiger partial charge in [-0.05, 0) is 35.2 Å². The fourth-order valence-electron chi connectivity index (χ4n) is 3.06. The fraction of sp³-hybridized carbons (Fsp3) is 0.250. The maximum atomic E-state index is 5.89. The molecule has 2 nitrogen and oxygen atoms in total. The number of nitrogens with one attached hydrogen (secondary N) is 1. The summed E-state index contributed by atoms with van der Waals surface area (Å²) in [5.74, 6) is 0.933. The van der Waals surface area contributed by atoms with Crippen LogP contribution in [0.4, 0.5) is 0 Å². The molecule has 3 aromatic rings. The van der Waals surface area contributed by atoms with Gasteiger partial charge in [-0.15, -0.1) is 0 Å². The number of hydrogen-bond acceptors (Lipinski definition) is 2. The van der Waals surface area contributed by atoms with Crippen molar-refractivity contribution in [3.8, 4) is 5.75 Å². The first-order valence-corrected chi connectivity index (χ1v) is 9.39. The van der Waals surface area contributed by atoms with Crippen LogP contribution in [0.2, 0.25) is 0 Å². The minimum absolute atomic E-state index is 0.355. The van der Waals surface area contributed by atoms with E-state index >= 15 is 0 Å². The molecule has 0 saturated heterocycles. The van der Waals surface area contributed by atoms with E-state index in [1.807, 2.05) is 6.07 Å². The van der Waals surface area contributed by atoms with Crippen LogP contribution in [-0.2, 0) is 13.0 Å². The minimum Gasteiger partial charge on any atom is -0.493 e. The highest BCUT2D eigenvalue weighted by Crippen LogP contribution is 2.21. The number of rotatable bonds is 9. The topological polar surface area (TPSA) is 21.3 Å². The molecule has 0 aliphatic rings. The molecule has 1 N–H and O–H groups in total. The molecule has 0 aliphatic heterocycles. The number of benzene rings is 3. The van der Waals surface area contributed by atoms with Crippen LogP contribution >= 0.6 is 0 Å². The van der Waals surface area contributed by atoms with Crippen LogP contribution < -0.4 is 10.1 Å². The molecule has 0 amide bonds. The summed E-state index contributed by atoms with van der Waals surface area (Å²) in [6.07, 6.45) is 1.99. The van der Waals surface area contributed by atoms with Gasteiger partial charge in [0.15, 0.2) is 0 Å². The third-order valence-corrected chi connectivity index (χ3v) is 4.59. The minimum atomic E-state index is 0.355. The summed E-state index contributed by atoms with van der Waals surface area (Å²) in [6.45, 7) is 3.80. The molecule has 134 valence electrons. The highest BCUT2D eigenvalue weighted by Gasteiger charge is 2.09. The molecule has 0 heterocycles. The zero-order valence-corrected chi connectivity index (χ0v) is 15.4. The van der Waals surface area contributed by atoms with Crippen LogP contribution in [0, 0.1) is 0 Å². The smallest absolute Gasteiger partial charge is 0.119 e. The van der Waals surface area contributed by atoms with Crippen LogP contribution in [0.5, 0.6) is 5.75 Å². The summed E-state index contributed by atoms with van der Waals surface area (Å²) in [4.78, 5) is 0. The molecule has 26 heavy (non-hydrogen) atoms. The number of ether oxygens (including phenoxy) is 1. The van der Waals surface area contributed by atoms with E-state index in [-0.39, 0.29) is 0 Å². The van der Waals surface area contributed by atoms with E-state index in [9.17, 15) is 0 Å². The van der Waals surface area contributed by atoms with Crippen molar-refractivity contribution in [1.29, 1.82) is 0 Å². The lowest BCUT2D eigenvalue weighted by atomic mass is 10.0. The van der Waals surface area contributed by atoms with Crippen LogP contribution in [0.25, 0.3) is 0 Å². The van der Waals surface area contributed by atoms with Gasteiger partial charge in [-0.3, -0.25) is 0 Å². The molecule has 1 atom stereocenters. The van der Waals surface area contributed by atoms with Gasteiger partial charge in [0.05, 0.1) is 6.61 Å². The SMILES string of the molecule is CCC(NCc1ccccc1)c1ccc(OCCc2ccccc2)cc1. The van der Waals surface area contributed by atoms with Crippen LogP contribution in [0.15, 0.2) is 84.9 Å². The van der Waals surface area contributed by atoms with Gasteiger partial charge in [-0.1, -0.05) is 79.7 Å². The maximum Gasteiger partial charge on any atom is 0.119 e. The molecular formula is C24H27NO. The fourth-order valence-corrected chi connectivity index (χ4v) is 3.06. The Hall–Kier alpha value is -2.58. The summed E-state index contributed by atoms with van der Waals surface area (Å²) < 4.78 is 5.89. The number of hydrogen-bond donors (Lipinski definition) is 1. The van der Waals surface area contributed by atoms with Gasteiger partial charge in [0.2, 0.25) is 0 Å². The standard InChI is InChI=1S/C24H27NO/c1-2-24(25-19-21-11-7-4-8-12-21)22-13-15-23(16-14-22)26-18-17-20-9-5-3-6-10-20/h3-16,24-25H,2,17-19H2,1H3. The summed E-state index contributed by atoms with van der Waals surface area (Å²) in [6, 6.07) is 29.8. The summed E-state index contributed by atoms with van der Waals surface area (Å²) in [5, 5.41) is 3.65. The normalized spacial score (nSPS) is 11.9. The van der Waals surface area contributed by atoms with Gasteiger partial charge >= 0.3 is 0 Å². The van der Waals surface area contributed by atoms with Gasteiger partial charge < -0.3 is 10.1 Å². The van der Waals surface area contributed by atoms with Crippen molar-refractivity contribution in [1.82, 2.24) is 5.32 Å². The second kappa shape index (κ2) is 9.79. The highest BCUT2D eigenvalue weighted by atomic mass is 16.5. The average Bonchev–Trinajstić information content (AvgIpc) is 2.71. The third-order valence-electron chi connectivity index (χ3n) is 4.59. The largest absolute Gasteiger partial charge is 0.493 e. The van der Waals surface area contributed by atoms with E-state index in [0.29, 0.717) is 12.6 Å². The molecule has 1 unspecified atom stereocenters. The molecule has 0 radical (unpaired) electrons. The van der Waals surface area contributed by atoms with E-state index in [1.165, 1.54) is 16.7 Å². The third kappa shape index (κ3) is 5.47. The van der Waals surface area contributed by atoms with E-state index in [1.54, 1.807) is 0 Å². The molecular weight excluding hydrogens is 318 g/mol. The highest BCUT2D eigenvalue weighted by molar-refractivity contribution is 5.29. The predicted octanol–water partition coefficient (Wildman–Crippen LogP) is 5.55. The molecule has 0 spiro atoms. The summed E-state index contributed by atoms with van der Waals surface area (Å²) >= 11 is 0. The Morgan fingerprint density at radius 3 is 2.00 bits per heavy atom. The molecule has 3 rings (SSSR count). The second-order valence-electron chi connectivity index (χ2n) is 6.48. The summed E-state index contributed by atoms with van der Waals surface area (Å²) in [7, 11) is 0. The Morgan fingerprint density at radius 2 is 1.38 bits per heavy atom. The first-order chi connectivity index (χ1) is 12.8. The zero-order valence-electron chi connectivity index (χ0n) is 15.4. The molecule has 0 saturated carbocycles. The van der Waals surface area contributed by atoms with E-state index in [2.05, 4.69) is 91.1 Å². The lowest BCUT2D eigenvalue weighted by Crippen LogP contribution is -2.20. The van der Waals surface area contributed by atoms with Gasteiger partial charge in [-0.2, -0.15) is 0 Å². The molecule has 3 aromatic carbocycles. The Balaban J connectivity index is 1.50. The van der Waals surface area contributed by atoms with E-state index in [0.717, 1.165) is 25.1 Å². The molecule has 2 heteroatoms. The van der Waals surface area contributed by atoms with Gasteiger partial charge in [-0.25, -0.2) is 0 Å². The van der Waals surface area contributed by atoms with Crippen LogP contribution in [-0.4, -0.2) is 6.61 Å². The summed E-state index contributed by atoms with van der Waals surface area (Å²) in [5.41, 5.74) is 3.92. The monoisotopic (exact) mass is 345 g/mol. The first kappa shape index (κ1) is 18.2. The van der Waals surface area contributed by atoms with Crippen molar-refractivity contribution in [3.05, 3.63) is 102 Å². The Kier molecular flexibility index (Phi) is 6.86. The lowest BCUT2D eigenvalue weighted by molar-refractivity contribution is 0.321. The Morgan fingerprint density at radius 1 is 0.769 bits per heavy atom. The Labute approximate surface area is 156 Å². The first-order valence-electron chi connectivity index (χ1n) is 9.39. The van der Waals surface area contributed by atoms with Crippen LogP contribution in [0.3, 0.4) is 0 Å². The lowest BCUT2D eigenvalue weighted by Gasteiger charge is -2.18. The average molecular weight is 345 g/mol. The van der Waals surface area contributed by atoms with E-state index < -0.39 is 0 Å². The molecule has 0 aliphatic carbocycles. The predicted molar refractivity (Wildman–Crippen MR) is 108 cm³/mol. The van der Waals surface area contributed by atoms with Crippen molar-refractivity contribution in [2.75, 3.05) is 6.61 Å². The zero-order chi connectivity index (χ0) is 18.0. The van der Waals surface area contributed by atoms with E-state index in [4.69, 9.17) is 4.74 Å². The Bertz CT molecular complexity index is 753. The quantitative estimate of drug-likeness (QED) is 0.549. The van der Waals surface area contributed by atoms with Crippen molar-refractivity contribution < 1.29 is 4.74 Å². The maximum absolute atomic E-state index is 5.89. The second-order valence-corrected chi connectivity index (χ2v) is 6.48. The molecule has 0 bridgehead atoms. The van der Waals surface area contributed by atoms with Crippen molar-refractivity contribution >= 4 is 0 Å².